The third-order valence-electron chi connectivity index (χ3n) is 1.14. The van der Waals surface area contributed by atoms with Gasteiger partial charge in [-0.25, -0.2) is 0 Å². The molecule has 0 unspecified atom stereocenters. The van der Waals surface area contributed by atoms with Gasteiger partial charge >= 0.3 is 0 Å². The monoisotopic (exact) mass is 234 g/mol. The van der Waals surface area contributed by atoms with Crippen molar-refractivity contribution in [1.82, 2.24) is 0 Å². The minimum Gasteiger partial charge on any atom is -0.250 e. The van der Waals surface area contributed by atoms with Crippen molar-refractivity contribution in [2.24, 2.45) is 0 Å². The van der Waals surface area contributed by atoms with Crippen molar-refractivity contribution in [3.63, 3.8) is 0 Å². The summed E-state index contributed by atoms with van der Waals surface area (Å²) in [7, 11) is 0. The molecule has 0 fully saturated rings. The molecule has 0 aliphatic rings. The molecule has 11 heavy (non-hydrogen) atoms. The first-order chi connectivity index (χ1) is 5.33. The summed E-state index contributed by atoms with van der Waals surface area (Å²) in [5.74, 6) is 0.538. The average molecular weight is 235 g/mol. The van der Waals surface area contributed by atoms with Crippen LogP contribution in [0.25, 0.3) is 0 Å². The van der Waals surface area contributed by atoms with E-state index in [2.05, 4.69) is 15.9 Å². The molecule has 1 rings (SSSR count). The molecule has 0 N–H and O–H groups in total. The zero-order valence-corrected chi connectivity index (χ0v) is 8.29. The number of hydrogen-bond donors (Lipinski definition) is 0. The molecule has 0 radical (unpaired) electrons. The molecule has 0 aliphatic carbocycles. The molecule has 0 spiro atoms. The lowest BCUT2D eigenvalue weighted by Crippen LogP contribution is -1.79. The van der Waals surface area contributed by atoms with Gasteiger partial charge in [-0.3, -0.25) is 4.39 Å². The number of thioether (sulfide) groups is 1. The molecule has 0 saturated carbocycles. The molecule has 0 atom stereocenters. The van der Waals surface area contributed by atoms with Crippen LogP contribution in [0.4, 0.5) is 4.39 Å². The summed E-state index contributed by atoms with van der Waals surface area (Å²) in [4.78, 5) is 1.11. The number of alkyl halides is 1. The SMILES string of the molecule is FCCSc1cccc(Br)c1. The molecule has 0 nitrogen and oxygen atoms in total. The highest BCUT2D eigenvalue weighted by molar-refractivity contribution is 9.10. The Morgan fingerprint density at radius 2 is 2.27 bits per heavy atom. The Bertz CT molecular complexity index is 227. The maximum atomic E-state index is 11.7. The lowest BCUT2D eigenvalue weighted by Gasteiger charge is -1.97. The maximum absolute atomic E-state index is 11.7. The molecule has 0 aromatic heterocycles. The summed E-state index contributed by atoms with van der Waals surface area (Å²) in [6, 6.07) is 7.87. The van der Waals surface area contributed by atoms with E-state index in [0.717, 1.165) is 9.37 Å². The van der Waals surface area contributed by atoms with Crippen LogP contribution in [0.1, 0.15) is 0 Å². The van der Waals surface area contributed by atoms with Crippen molar-refractivity contribution >= 4 is 27.7 Å². The van der Waals surface area contributed by atoms with Gasteiger partial charge in [-0.15, -0.1) is 11.8 Å². The Morgan fingerprint density at radius 3 is 2.91 bits per heavy atom. The van der Waals surface area contributed by atoms with Crippen LogP contribution in [0.2, 0.25) is 0 Å². The first kappa shape index (κ1) is 9.07. The second-order valence-electron chi connectivity index (χ2n) is 1.99. The van der Waals surface area contributed by atoms with Crippen molar-refractivity contribution in [2.75, 3.05) is 12.4 Å². The van der Waals surface area contributed by atoms with Crippen LogP contribution in [0.3, 0.4) is 0 Å². The third kappa shape index (κ3) is 3.25. The number of hydrogen-bond acceptors (Lipinski definition) is 1. The molecular formula is C8H8BrFS. The van der Waals surface area contributed by atoms with Gasteiger partial charge in [0, 0.05) is 15.1 Å². The van der Waals surface area contributed by atoms with Gasteiger partial charge in [-0.05, 0) is 18.2 Å². The van der Waals surface area contributed by atoms with Crippen LogP contribution in [-0.4, -0.2) is 12.4 Å². The van der Waals surface area contributed by atoms with Crippen LogP contribution in [0, 0.1) is 0 Å². The molecule has 3 heteroatoms. The summed E-state index contributed by atoms with van der Waals surface area (Å²) >= 11 is 4.88. The van der Waals surface area contributed by atoms with E-state index in [4.69, 9.17) is 0 Å². The summed E-state index contributed by atoms with van der Waals surface area (Å²) in [6.07, 6.45) is 0. The van der Waals surface area contributed by atoms with Gasteiger partial charge in [0.05, 0.1) is 6.67 Å². The fourth-order valence-corrected chi connectivity index (χ4v) is 1.96. The highest BCUT2D eigenvalue weighted by atomic mass is 79.9. The number of halogens is 2. The largest absolute Gasteiger partial charge is 0.250 e. The van der Waals surface area contributed by atoms with E-state index >= 15 is 0 Å². The molecule has 0 saturated heterocycles. The van der Waals surface area contributed by atoms with E-state index in [9.17, 15) is 4.39 Å². The van der Waals surface area contributed by atoms with Crippen molar-refractivity contribution in [3.8, 4) is 0 Å². The first-order valence-electron chi connectivity index (χ1n) is 3.27. The van der Waals surface area contributed by atoms with Crippen LogP contribution < -0.4 is 0 Å². The van der Waals surface area contributed by atoms with E-state index in [-0.39, 0.29) is 6.67 Å². The van der Waals surface area contributed by atoms with Gasteiger partial charge in [-0.2, -0.15) is 0 Å². The summed E-state index contributed by atoms with van der Waals surface area (Å²) in [6.45, 7) is -0.267. The molecule has 0 heterocycles. The molecule has 0 amide bonds. The normalized spacial score (nSPS) is 10.0. The predicted octanol–water partition coefficient (Wildman–Crippen LogP) is 3.51. The van der Waals surface area contributed by atoms with E-state index < -0.39 is 0 Å². The smallest absolute Gasteiger partial charge is 0.0988 e. The average Bonchev–Trinajstić information content (AvgIpc) is 2.01. The predicted molar refractivity (Wildman–Crippen MR) is 50.8 cm³/mol. The fraction of sp³-hybridized carbons (Fsp3) is 0.250. The molecule has 1 aromatic carbocycles. The van der Waals surface area contributed by atoms with Crippen LogP contribution in [0.5, 0.6) is 0 Å². The zero-order chi connectivity index (χ0) is 8.10. The minimum atomic E-state index is -0.267. The molecule has 0 bridgehead atoms. The van der Waals surface area contributed by atoms with Crippen LogP contribution >= 0.6 is 27.7 Å². The summed E-state index contributed by atoms with van der Waals surface area (Å²) < 4.78 is 12.8. The minimum absolute atomic E-state index is 0.267. The highest BCUT2D eigenvalue weighted by Gasteiger charge is 1.93. The van der Waals surface area contributed by atoms with Gasteiger partial charge in [0.25, 0.3) is 0 Å². The molecule has 1 aromatic rings. The Hall–Kier alpha value is -0.0200. The van der Waals surface area contributed by atoms with Gasteiger partial charge in [0.15, 0.2) is 0 Å². The maximum Gasteiger partial charge on any atom is 0.0988 e. The first-order valence-corrected chi connectivity index (χ1v) is 5.05. The van der Waals surface area contributed by atoms with Gasteiger partial charge < -0.3 is 0 Å². The zero-order valence-electron chi connectivity index (χ0n) is 5.89. The standard InChI is InChI=1S/C8H8BrFS/c9-7-2-1-3-8(6-7)11-5-4-10/h1-3,6H,4-5H2. The van der Waals surface area contributed by atoms with E-state index in [0.29, 0.717) is 5.75 Å². The number of benzene rings is 1. The van der Waals surface area contributed by atoms with E-state index in [1.54, 1.807) is 0 Å². The second kappa shape index (κ2) is 4.78. The molecule has 0 aliphatic heterocycles. The van der Waals surface area contributed by atoms with Crippen molar-refractivity contribution in [2.45, 2.75) is 4.90 Å². The quantitative estimate of drug-likeness (QED) is 0.722. The Balaban J connectivity index is 2.56. The fourth-order valence-electron chi connectivity index (χ4n) is 0.713. The van der Waals surface area contributed by atoms with Gasteiger partial charge in [-0.1, -0.05) is 22.0 Å². The topological polar surface area (TPSA) is 0 Å². The number of rotatable bonds is 3. The molecule has 60 valence electrons. The van der Waals surface area contributed by atoms with Crippen LogP contribution in [0.15, 0.2) is 33.6 Å². The van der Waals surface area contributed by atoms with E-state index in [1.165, 1.54) is 11.8 Å². The van der Waals surface area contributed by atoms with Gasteiger partial charge in [0.1, 0.15) is 0 Å². The Kier molecular flexibility index (Phi) is 3.94. The summed E-state index contributed by atoms with van der Waals surface area (Å²) in [5.41, 5.74) is 0. The van der Waals surface area contributed by atoms with Crippen molar-refractivity contribution in [3.05, 3.63) is 28.7 Å². The third-order valence-corrected chi connectivity index (χ3v) is 2.58. The van der Waals surface area contributed by atoms with Gasteiger partial charge in [0.2, 0.25) is 0 Å². The Morgan fingerprint density at radius 1 is 1.45 bits per heavy atom. The van der Waals surface area contributed by atoms with Crippen LogP contribution in [-0.2, 0) is 0 Å². The highest BCUT2D eigenvalue weighted by Crippen LogP contribution is 2.21. The van der Waals surface area contributed by atoms with E-state index in [1.807, 2.05) is 24.3 Å². The second-order valence-corrected chi connectivity index (χ2v) is 4.08. The van der Waals surface area contributed by atoms with Crippen molar-refractivity contribution < 1.29 is 4.39 Å². The lowest BCUT2D eigenvalue weighted by atomic mass is 10.4. The van der Waals surface area contributed by atoms with Crippen molar-refractivity contribution in [1.29, 1.82) is 0 Å². The molecular weight excluding hydrogens is 227 g/mol. The summed E-state index contributed by atoms with van der Waals surface area (Å²) in [5, 5.41) is 0. The lowest BCUT2D eigenvalue weighted by molar-refractivity contribution is 0.533. The Labute approximate surface area is 78.3 Å².